The Morgan fingerprint density at radius 2 is 1.86 bits per heavy atom. The van der Waals surface area contributed by atoms with Crippen LogP contribution in [0.3, 0.4) is 0 Å². The highest BCUT2D eigenvalue weighted by molar-refractivity contribution is 6.48. The topological polar surface area (TPSA) is 27.7 Å². The number of hydrogen-bond acceptors (Lipinski definition) is 3. The minimum atomic E-state index is -1.65. The van der Waals surface area contributed by atoms with E-state index in [4.69, 9.17) is 13.6 Å². The maximum absolute atomic E-state index is 5.84. The van der Waals surface area contributed by atoms with E-state index < -0.39 is 9.28 Å². The lowest BCUT2D eigenvalue weighted by Crippen LogP contribution is -2.51. The Morgan fingerprint density at radius 1 is 1.21 bits per heavy atom. The summed E-state index contributed by atoms with van der Waals surface area (Å²) in [5.41, 5.74) is 0. The molecule has 0 aromatic rings. The highest BCUT2D eigenvalue weighted by Crippen LogP contribution is 2.27. The van der Waals surface area contributed by atoms with Crippen molar-refractivity contribution in [1.29, 1.82) is 0 Å². The van der Waals surface area contributed by atoms with Crippen molar-refractivity contribution in [1.82, 2.24) is 0 Å². The maximum Gasteiger partial charge on any atom is 0.354 e. The Bertz CT molecular complexity index is 151. The molecule has 0 bridgehead atoms. The summed E-state index contributed by atoms with van der Waals surface area (Å²) in [5, 5.41) is -0.107. The molecule has 0 aliphatic carbocycles. The average molecular weight is 218 g/mol. The minimum absolute atomic E-state index is 0.107. The molecule has 4 heteroatoms. The van der Waals surface area contributed by atoms with Gasteiger partial charge in [0.25, 0.3) is 0 Å². The number of rotatable bonds is 5. The van der Waals surface area contributed by atoms with Crippen molar-refractivity contribution in [2.75, 3.05) is 19.8 Å². The van der Waals surface area contributed by atoms with Gasteiger partial charge in [-0.1, -0.05) is 0 Å². The molecule has 0 spiro atoms. The van der Waals surface area contributed by atoms with Crippen LogP contribution in [0.15, 0.2) is 0 Å². The van der Waals surface area contributed by atoms with Gasteiger partial charge in [-0.05, 0) is 40.0 Å². The fourth-order valence-corrected chi connectivity index (χ4v) is 3.95. The zero-order chi connectivity index (χ0) is 10.4. The lowest BCUT2D eigenvalue weighted by atomic mass is 10.1. The Hall–Kier alpha value is 0.0969. The summed E-state index contributed by atoms with van der Waals surface area (Å²) in [6.07, 6.45) is 3.50. The van der Waals surface area contributed by atoms with E-state index in [1.165, 1.54) is 12.8 Å². The van der Waals surface area contributed by atoms with Gasteiger partial charge in [0.05, 0.1) is 0 Å². The van der Waals surface area contributed by atoms with Gasteiger partial charge in [0.15, 0.2) is 0 Å². The molecule has 1 unspecified atom stereocenters. The van der Waals surface area contributed by atoms with Crippen LogP contribution in [0.2, 0.25) is 0 Å². The predicted molar refractivity (Wildman–Crippen MR) is 58.6 cm³/mol. The summed E-state index contributed by atoms with van der Waals surface area (Å²) < 4.78 is 17.3. The molecule has 1 atom stereocenters. The van der Waals surface area contributed by atoms with Crippen molar-refractivity contribution in [2.24, 2.45) is 0 Å². The van der Waals surface area contributed by atoms with Gasteiger partial charge in [-0.25, -0.2) is 0 Å². The Kier molecular flexibility index (Phi) is 5.09. The molecule has 0 aromatic carbocycles. The first kappa shape index (κ1) is 12.2. The molecule has 1 aliphatic rings. The summed E-state index contributed by atoms with van der Waals surface area (Å²) >= 11 is 0. The van der Waals surface area contributed by atoms with Crippen molar-refractivity contribution in [3.63, 3.8) is 0 Å². The van der Waals surface area contributed by atoms with Gasteiger partial charge in [0.1, 0.15) is 5.22 Å². The molecular weight excluding hydrogens is 196 g/mol. The average Bonchev–Trinajstić information content (AvgIpc) is 2.19. The molecule has 0 N–H and O–H groups in total. The quantitative estimate of drug-likeness (QED) is 0.658. The van der Waals surface area contributed by atoms with Crippen LogP contribution in [-0.4, -0.2) is 34.3 Å². The number of ether oxygens (including phenoxy) is 1. The third-order valence-electron chi connectivity index (χ3n) is 2.63. The van der Waals surface area contributed by atoms with Crippen LogP contribution in [0.25, 0.3) is 0 Å². The smallest absolute Gasteiger partial charge is 0.354 e. The van der Waals surface area contributed by atoms with Gasteiger partial charge in [0, 0.05) is 19.8 Å². The molecule has 1 heterocycles. The van der Waals surface area contributed by atoms with E-state index in [1.54, 1.807) is 0 Å². The Balaban J connectivity index is 2.53. The summed E-state index contributed by atoms with van der Waals surface area (Å²) in [7, 11) is -1.65. The SMILES string of the molecule is CCO[SiH](OCC)C1(C)CCCCO1. The van der Waals surface area contributed by atoms with E-state index in [0.717, 1.165) is 26.2 Å². The van der Waals surface area contributed by atoms with Gasteiger partial charge in [-0.2, -0.15) is 0 Å². The maximum atomic E-state index is 5.84. The zero-order valence-electron chi connectivity index (χ0n) is 9.54. The van der Waals surface area contributed by atoms with Crippen molar-refractivity contribution in [3.05, 3.63) is 0 Å². The monoisotopic (exact) mass is 218 g/mol. The van der Waals surface area contributed by atoms with Crippen LogP contribution >= 0.6 is 0 Å². The minimum Gasteiger partial charge on any atom is -0.395 e. The molecule has 1 saturated heterocycles. The van der Waals surface area contributed by atoms with Crippen LogP contribution in [0.1, 0.15) is 40.0 Å². The van der Waals surface area contributed by atoms with Gasteiger partial charge in [-0.15, -0.1) is 0 Å². The second-order valence-electron chi connectivity index (χ2n) is 3.86. The van der Waals surface area contributed by atoms with E-state index in [-0.39, 0.29) is 5.22 Å². The highest BCUT2D eigenvalue weighted by atomic mass is 28.3. The fraction of sp³-hybridized carbons (Fsp3) is 1.00. The summed E-state index contributed by atoms with van der Waals surface area (Å²) in [5.74, 6) is 0. The van der Waals surface area contributed by atoms with Crippen LogP contribution in [0.4, 0.5) is 0 Å². The van der Waals surface area contributed by atoms with E-state index >= 15 is 0 Å². The fourth-order valence-electron chi connectivity index (χ4n) is 1.84. The van der Waals surface area contributed by atoms with Gasteiger partial charge < -0.3 is 13.6 Å². The molecular formula is C10H22O3Si. The zero-order valence-corrected chi connectivity index (χ0v) is 10.7. The van der Waals surface area contributed by atoms with Crippen molar-refractivity contribution < 1.29 is 13.6 Å². The molecule has 0 saturated carbocycles. The Labute approximate surface area is 88.6 Å². The van der Waals surface area contributed by atoms with Crippen molar-refractivity contribution >= 4 is 9.28 Å². The molecule has 14 heavy (non-hydrogen) atoms. The highest BCUT2D eigenvalue weighted by Gasteiger charge is 2.41. The molecule has 3 nitrogen and oxygen atoms in total. The van der Waals surface area contributed by atoms with Crippen LogP contribution < -0.4 is 0 Å². The third kappa shape index (κ3) is 3.05. The standard InChI is InChI=1S/C10H22O3Si/c1-4-12-14(13-5-2)10(3)8-6-7-9-11-10/h14H,4-9H2,1-3H3. The molecule has 0 amide bonds. The molecule has 0 radical (unpaired) electrons. The van der Waals surface area contributed by atoms with E-state index in [2.05, 4.69) is 6.92 Å². The molecule has 84 valence electrons. The lowest BCUT2D eigenvalue weighted by molar-refractivity contribution is -0.0390. The summed E-state index contributed by atoms with van der Waals surface area (Å²) in [6, 6.07) is 0. The van der Waals surface area contributed by atoms with Gasteiger partial charge in [0.2, 0.25) is 0 Å². The second-order valence-corrected chi connectivity index (χ2v) is 6.41. The van der Waals surface area contributed by atoms with E-state index in [1.807, 2.05) is 13.8 Å². The summed E-state index contributed by atoms with van der Waals surface area (Å²) in [4.78, 5) is 0. The molecule has 1 aliphatic heterocycles. The first-order chi connectivity index (χ1) is 6.73. The molecule has 1 rings (SSSR count). The summed E-state index contributed by atoms with van der Waals surface area (Å²) in [6.45, 7) is 8.51. The molecule has 1 fully saturated rings. The first-order valence-electron chi connectivity index (χ1n) is 5.60. The predicted octanol–water partition coefficient (Wildman–Crippen LogP) is 1.78. The van der Waals surface area contributed by atoms with E-state index in [0.29, 0.717) is 0 Å². The Morgan fingerprint density at radius 3 is 2.29 bits per heavy atom. The largest absolute Gasteiger partial charge is 0.395 e. The van der Waals surface area contributed by atoms with Crippen LogP contribution in [0, 0.1) is 0 Å². The first-order valence-corrected chi connectivity index (χ1v) is 7.12. The van der Waals surface area contributed by atoms with Crippen LogP contribution in [-0.2, 0) is 13.6 Å². The second kappa shape index (κ2) is 5.85. The van der Waals surface area contributed by atoms with E-state index in [9.17, 15) is 0 Å². The normalized spacial score (nSPS) is 28.3. The lowest BCUT2D eigenvalue weighted by Gasteiger charge is -2.37. The van der Waals surface area contributed by atoms with Gasteiger partial charge in [-0.3, -0.25) is 0 Å². The van der Waals surface area contributed by atoms with Crippen LogP contribution in [0.5, 0.6) is 0 Å². The third-order valence-corrected chi connectivity index (χ3v) is 5.36. The molecule has 0 aromatic heterocycles. The van der Waals surface area contributed by atoms with Gasteiger partial charge >= 0.3 is 9.28 Å². The number of hydrogen-bond donors (Lipinski definition) is 0. The van der Waals surface area contributed by atoms with Crippen molar-refractivity contribution in [3.8, 4) is 0 Å². The van der Waals surface area contributed by atoms with Crippen molar-refractivity contribution in [2.45, 2.75) is 45.3 Å².